The smallest absolute Gasteiger partial charge is 0.309 e. The SMILES string of the molecule is CC1CC2CC1C1C3CC(C4COC(=O)C43)C21. The zero-order chi connectivity index (χ0) is 11.3. The second kappa shape index (κ2) is 2.73. The Morgan fingerprint density at radius 2 is 1.88 bits per heavy atom. The van der Waals surface area contributed by atoms with Crippen LogP contribution in [0.2, 0.25) is 0 Å². The summed E-state index contributed by atoms with van der Waals surface area (Å²) in [5, 5.41) is 0. The third kappa shape index (κ3) is 0.880. The average molecular weight is 232 g/mol. The van der Waals surface area contributed by atoms with Crippen molar-refractivity contribution in [2.75, 3.05) is 6.61 Å². The number of cyclic esters (lactones) is 1. The lowest BCUT2D eigenvalue weighted by Crippen LogP contribution is -2.40. The molecule has 0 N–H and O–H groups in total. The maximum atomic E-state index is 11.9. The van der Waals surface area contributed by atoms with Gasteiger partial charge in [-0.15, -0.1) is 0 Å². The van der Waals surface area contributed by atoms with E-state index in [9.17, 15) is 4.79 Å². The first-order valence-corrected chi connectivity index (χ1v) is 7.42. The van der Waals surface area contributed by atoms with Crippen molar-refractivity contribution in [3.63, 3.8) is 0 Å². The molecule has 2 heteroatoms. The molecular weight excluding hydrogens is 212 g/mol. The van der Waals surface area contributed by atoms with Gasteiger partial charge in [-0.05, 0) is 60.7 Å². The fourth-order valence-corrected chi connectivity index (χ4v) is 6.93. The largest absolute Gasteiger partial charge is 0.465 e. The third-order valence-electron chi connectivity index (χ3n) is 7.16. The molecule has 4 saturated carbocycles. The second-order valence-electron chi connectivity index (χ2n) is 7.41. The molecule has 0 aromatic carbocycles. The molecule has 0 radical (unpaired) electrons. The van der Waals surface area contributed by atoms with Crippen LogP contribution in [0.4, 0.5) is 0 Å². The monoisotopic (exact) mass is 232 g/mol. The van der Waals surface area contributed by atoms with Crippen LogP contribution in [0.15, 0.2) is 0 Å². The molecule has 17 heavy (non-hydrogen) atoms. The lowest BCUT2D eigenvalue weighted by molar-refractivity contribution is -0.143. The predicted molar refractivity (Wildman–Crippen MR) is 61.9 cm³/mol. The molecule has 0 aromatic rings. The Balaban J connectivity index is 1.58. The molecule has 5 fully saturated rings. The zero-order valence-corrected chi connectivity index (χ0v) is 10.3. The van der Waals surface area contributed by atoms with Crippen LogP contribution in [-0.4, -0.2) is 12.6 Å². The lowest BCUT2D eigenvalue weighted by Gasteiger charge is -2.41. The van der Waals surface area contributed by atoms with Gasteiger partial charge in [0, 0.05) is 5.92 Å². The van der Waals surface area contributed by atoms with Gasteiger partial charge in [-0.2, -0.15) is 0 Å². The van der Waals surface area contributed by atoms with E-state index in [1.807, 2.05) is 0 Å². The Labute approximate surface area is 102 Å². The van der Waals surface area contributed by atoms with Gasteiger partial charge in [0.15, 0.2) is 0 Å². The molecule has 1 saturated heterocycles. The molecule has 4 bridgehead atoms. The Hall–Kier alpha value is -0.530. The molecule has 0 spiro atoms. The number of ether oxygens (including phenoxy) is 1. The van der Waals surface area contributed by atoms with E-state index in [-0.39, 0.29) is 5.97 Å². The molecule has 92 valence electrons. The Bertz CT molecular complexity index is 404. The number of carbonyl (C=O) groups excluding carboxylic acids is 1. The lowest BCUT2D eigenvalue weighted by atomic mass is 9.62. The summed E-state index contributed by atoms with van der Waals surface area (Å²) >= 11 is 0. The van der Waals surface area contributed by atoms with Crippen molar-refractivity contribution in [3.8, 4) is 0 Å². The predicted octanol–water partition coefficient (Wildman–Crippen LogP) is 2.33. The van der Waals surface area contributed by atoms with Gasteiger partial charge in [-0.25, -0.2) is 0 Å². The van der Waals surface area contributed by atoms with Crippen LogP contribution >= 0.6 is 0 Å². The minimum absolute atomic E-state index is 0.149. The summed E-state index contributed by atoms with van der Waals surface area (Å²) in [6.45, 7) is 3.19. The van der Waals surface area contributed by atoms with Crippen LogP contribution in [0.5, 0.6) is 0 Å². The second-order valence-corrected chi connectivity index (χ2v) is 7.41. The molecule has 9 unspecified atom stereocenters. The van der Waals surface area contributed by atoms with Crippen LogP contribution in [0.3, 0.4) is 0 Å². The van der Waals surface area contributed by atoms with Gasteiger partial charge in [-0.1, -0.05) is 6.92 Å². The fourth-order valence-electron chi connectivity index (χ4n) is 6.93. The van der Waals surface area contributed by atoms with Crippen LogP contribution in [0.1, 0.15) is 26.2 Å². The summed E-state index contributed by atoms with van der Waals surface area (Å²) in [6.07, 6.45) is 4.32. The van der Waals surface area contributed by atoms with E-state index in [0.717, 1.165) is 42.1 Å². The van der Waals surface area contributed by atoms with Crippen molar-refractivity contribution >= 4 is 5.97 Å². The minimum Gasteiger partial charge on any atom is -0.465 e. The van der Waals surface area contributed by atoms with E-state index in [1.165, 1.54) is 19.3 Å². The molecule has 0 amide bonds. The fraction of sp³-hybridized carbons (Fsp3) is 0.933. The maximum Gasteiger partial charge on any atom is 0.309 e. The minimum atomic E-state index is 0.149. The molecular formula is C15H20O2. The van der Waals surface area contributed by atoms with E-state index in [2.05, 4.69) is 6.92 Å². The first kappa shape index (κ1) is 9.41. The Morgan fingerprint density at radius 3 is 2.76 bits per heavy atom. The highest BCUT2D eigenvalue weighted by Crippen LogP contribution is 2.72. The summed E-state index contributed by atoms with van der Waals surface area (Å²) in [7, 11) is 0. The topological polar surface area (TPSA) is 26.3 Å². The highest BCUT2D eigenvalue weighted by molar-refractivity contribution is 5.76. The van der Waals surface area contributed by atoms with Crippen molar-refractivity contribution < 1.29 is 9.53 Å². The molecule has 2 nitrogen and oxygen atoms in total. The quantitative estimate of drug-likeness (QED) is 0.473. The van der Waals surface area contributed by atoms with Crippen LogP contribution < -0.4 is 0 Å². The molecule has 1 heterocycles. The maximum absolute atomic E-state index is 11.9. The van der Waals surface area contributed by atoms with Crippen molar-refractivity contribution in [1.82, 2.24) is 0 Å². The van der Waals surface area contributed by atoms with Gasteiger partial charge in [0.05, 0.1) is 12.5 Å². The highest BCUT2D eigenvalue weighted by Gasteiger charge is 2.69. The number of rotatable bonds is 0. The Kier molecular flexibility index (Phi) is 1.51. The van der Waals surface area contributed by atoms with Gasteiger partial charge < -0.3 is 4.74 Å². The van der Waals surface area contributed by atoms with Crippen molar-refractivity contribution in [1.29, 1.82) is 0 Å². The highest BCUT2D eigenvalue weighted by atomic mass is 16.5. The van der Waals surface area contributed by atoms with Gasteiger partial charge in [-0.3, -0.25) is 4.79 Å². The van der Waals surface area contributed by atoms with Gasteiger partial charge in [0.2, 0.25) is 0 Å². The van der Waals surface area contributed by atoms with Gasteiger partial charge >= 0.3 is 5.97 Å². The number of esters is 1. The summed E-state index contributed by atoms with van der Waals surface area (Å²) in [5.74, 6) is 7.41. The van der Waals surface area contributed by atoms with Crippen LogP contribution in [0, 0.1) is 53.3 Å². The molecule has 9 atom stereocenters. The number of fused-ring (bicyclic) bond motifs is 12. The Morgan fingerprint density at radius 1 is 1.00 bits per heavy atom. The number of hydrogen-bond acceptors (Lipinski definition) is 2. The van der Waals surface area contributed by atoms with Crippen LogP contribution in [0.25, 0.3) is 0 Å². The molecule has 5 rings (SSSR count). The summed E-state index contributed by atoms with van der Waals surface area (Å²) < 4.78 is 5.34. The third-order valence-corrected chi connectivity index (χ3v) is 7.16. The summed E-state index contributed by atoms with van der Waals surface area (Å²) in [4.78, 5) is 11.9. The first-order chi connectivity index (χ1) is 8.25. The number of carbonyl (C=O) groups is 1. The average Bonchev–Trinajstić information content (AvgIpc) is 2.99. The summed E-state index contributed by atoms with van der Waals surface area (Å²) in [6, 6.07) is 0. The van der Waals surface area contributed by atoms with Crippen molar-refractivity contribution in [2.45, 2.75) is 26.2 Å². The van der Waals surface area contributed by atoms with Gasteiger partial charge in [0.1, 0.15) is 0 Å². The van der Waals surface area contributed by atoms with E-state index < -0.39 is 0 Å². The first-order valence-electron chi connectivity index (χ1n) is 7.42. The van der Waals surface area contributed by atoms with Crippen molar-refractivity contribution in [3.05, 3.63) is 0 Å². The normalized spacial score (nSPS) is 66.2. The van der Waals surface area contributed by atoms with Crippen LogP contribution in [-0.2, 0) is 9.53 Å². The number of hydrogen-bond donors (Lipinski definition) is 0. The standard InChI is InChI=1S/C15H20O2/c1-6-2-7-3-8(6)13-10-4-9(12(7)13)11-5-17-15(16)14(10)11/h6-14H,2-5H2,1H3. The van der Waals surface area contributed by atoms with Crippen molar-refractivity contribution in [2.24, 2.45) is 53.3 Å². The zero-order valence-electron chi connectivity index (χ0n) is 10.3. The van der Waals surface area contributed by atoms with E-state index >= 15 is 0 Å². The molecule has 1 aliphatic heterocycles. The molecule has 4 aliphatic carbocycles. The molecule has 0 aromatic heterocycles. The van der Waals surface area contributed by atoms with Gasteiger partial charge in [0.25, 0.3) is 0 Å². The van der Waals surface area contributed by atoms with E-state index in [1.54, 1.807) is 0 Å². The summed E-state index contributed by atoms with van der Waals surface area (Å²) in [5.41, 5.74) is 0. The molecule has 5 aliphatic rings. The van der Waals surface area contributed by atoms with E-state index in [0.29, 0.717) is 17.8 Å². The van der Waals surface area contributed by atoms with E-state index in [4.69, 9.17) is 4.74 Å².